The maximum Gasteiger partial charge on any atom is 0.433 e. The van der Waals surface area contributed by atoms with E-state index in [9.17, 15) is 18.0 Å². The Hall–Kier alpha value is -4.12. The number of amides is 1. The Labute approximate surface area is 211 Å². The third kappa shape index (κ3) is 5.67. The van der Waals surface area contributed by atoms with Gasteiger partial charge in [0.2, 0.25) is 5.89 Å². The summed E-state index contributed by atoms with van der Waals surface area (Å²) in [6.45, 7) is 3.67. The molecule has 0 saturated heterocycles. The molecule has 2 heterocycles. The summed E-state index contributed by atoms with van der Waals surface area (Å²) in [5, 5.41) is 6.14. The molecule has 2 aromatic carbocycles. The maximum atomic E-state index is 13.4. The molecule has 0 bridgehead atoms. The van der Waals surface area contributed by atoms with Crippen LogP contribution in [0.2, 0.25) is 0 Å². The van der Waals surface area contributed by atoms with Crippen molar-refractivity contribution in [3.8, 4) is 17.2 Å². The van der Waals surface area contributed by atoms with Crippen LogP contribution in [0, 0.1) is 0 Å². The van der Waals surface area contributed by atoms with Gasteiger partial charge in [0, 0.05) is 30.2 Å². The lowest BCUT2D eigenvalue weighted by molar-refractivity contribution is -0.140. The Morgan fingerprint density at radius 1 is 1.08 bits per heavy atom. The van der Waals surface area contributed by atoms with E-state index < -0.39 is 17.8 Å². The number of nitrogens with two attached hydrogens (primary N) is 1. The Morgan fingerprint density at radius 3 is 2.43 bits per heavy atom. The highest BCUT2D eigenvalue weighted by Gasteiger charge is 2.33. The number of alkyl halides is 3. The summed E-state index contributed by atoms with van der Waals surface area (Å²) in [4.78, 5) is 21.1. The SMILES string of the molecule is CNc1ccc(CNC(=O)c2nc(-c3ccc(OC(C)C)c4nc(C(F)(F)F)ccc34)oc2CN)cc1. The molecule has 4 N–H and O–H groups in total. The minimum atomic E-state index is -4.63. The molecule has 0 fully saturated rings. The van der Waals surface area contributed by atoms with Gasteiger partial charge in [-0.2, -0.15) is 13.2 Å². The van der Waals surface area contributed by atoms with Crippen molar-refractivity contribution in [1.82, 2.24) is 15.3 Å². The second-order valence-corrected chi connectivity index (χ2v) is 8.49. The van der Waals surface area contributed by atoms with Gasteiger partial charge in [0.1, 0.15) is 17.0 Å². The number of anilines is 1. The van der Waals surface area contributed by atoms with Gasteiger partial charge in [-0.1, -0.05) is 12.1 Å². The topological polar surface area (TPSA) is 115 Å². The number of ether oxygens (including phenoxy) is 1. The summed E-state index contributed by atoms with van der Waals surface area (Å²) in [5.74, 6) is -0.123. The second kappa shape index (κ2) is 10.5. The number of rotatable bonds is 8. The fraction of sp³-hybridized carbons (Fsp3) is 0.269. The Kier molecular flexibility index (Phi) is 7.35. The third-order valence-corrected chi connectivity index (χ3v) is 5.50. The van der Waals surface area contributed by atoms with Crippen molar-refractivity contribution in [1.29, 1.82) is 0 Å². The Bertz CT molecular complexity index is 1420. The molecular formula is C26H26F3N5O3. The van der Waals surface area contributed by atoms with Crippen LogP contribution in [0.1, 0.15) is 41.4 Å². The predicted octanol–water partition coefficient (Wildman–Crippen LogP) is 5.13. The summed E-state index contributed by atoms with van der Waals surface area (Å²) in [6.07, 6.45) is -4.92. The van der Waals surface area contributed by atoms with E-state index in [0.717, 1.165) is 17.3 Å². The molecule has 0 unspecified atom stereocenters. The van der Waals surface area contributed by atoms with E-state index in [1.54, 1.807) is 19.9 Å². The van der Waals surface area contributed by atoms with Gasteiger partial charge in [0.25, 0.3) is 5.91 Å². The largest absolute Gasteiger partial charge is 0.489 e. The van der Waals surface area contributed by atoms with Crippen LogP contribution in [-0.4, -0.2) is 29.0 Å². The number of aromatic nitrogens is 2. The van der Waals surface area contributed by atoms with Crippen molar-refractivity contribution in [2.75, 3.05) is 12.4 Å². The van der Waals surface area contributed by atoms with E-state index in [4.69, 9.17) is 14.9 Å². The number of carbonyl (C=O) groups is 1. The van der Waals surface area contributed by atoms with E-state index in [1.807, 2.05) is 31.3 Å². The number of halogens is 3. The molecule has 0 spiro atoms. The number of hydrogen-bond donors (Lipinski definition) is 3. The van der Waals surface area contributed by atoms with Crippen molar-refractivity contribution in [2.24, 2.45) is 5.73 Å². The molecule has 0 radical (unpaired) electrons. The van der Waals surface area contributed by atoms with Gasteiger partial charge >= 0.3 is 6.18 Å². The molecule has 0 saturated carbocycles. The summed E-state index contributed by atoms with van der Waals surface area (Å²) in [7, 11) is 1.81. The number of pyridine rings is 1. The van der Waals surface area contributed by atoms with Crippen molar-refractivity contribution in [2.45, 2.75) is 39.2 Å². The molecule has 4 rings (SSSR count). The van der Waals surface area contributed by atoms with Crippen LogP contribution < -0.4 is 21.1 Å². The van der Waals surface area contributed by atoms with Crippen LogP contribution in [-0.2, 0) is 19.3 Å². The zero-order valence-electron chi connectivity index (χ0n) is 20.4. The van der Waals surface area contributed by atoms with Gasteiger partial charge in [-0.3, -0.25) is 4.79 Å². The first kappa shape index (κ1) is 26.0. The van der Waals surface area contributed by atoms with Gasteiger partial charge in [0.15, 0.2) is 11.5 Å². The maximum absolute atomic E-state index is 13.4. The van der Waals surface area contributed by atoms with Crippen LogP contribution >= 0.6 is 0 Å². The van der Waals surface area contributed by atoms with Crippen molar-refractivity contribution in [3.05, 3.63) is 71.2 Å². The molecule has 0 aliphatic heterocycles. The number of benzene rings is 2. The molecule has 1 amide bonds. The highest BCUT2D eigenvalue weighted by Crippen LogP contribution is 2.37. The van der Waals surface area contributed by atoms with Gasteiger partial charge in [-0.15, -0.1) is 0 Å². The minimum absolute atomic E-state index is 0.000118. The van der Waals surface area contributed by atoms with E-state index in [1.165, 1.54) is 12.1 Å². The summed E-state index contributed by atoms with van der Waals surface area (Å²) in [5.41, 5.74) is 6.92. The van der Waals surface area contributed by atoms with E-state index in [0.29, 0.717) is 10.9 Å². The lowest BCUT2D eigenvalue weighted by Gasteiger charge is -2.14. The first-order chi connectivity index (χ1) is 17.6. The fourth-order valence-corrected chi connectivity index (χ4v) is 3.72. The first-order valence-electron chi connectivity index (χ1n) is 11.5. The third-order valence-electron chi connectivity index (χ3n) is 5.50. The number of oxazole rings is 1. The monoisotopic (exact) mass is 513 g/mol. The van der Waals surface area contributed by atoms with Gasteiger partial charge in [-0.25, -0.2) is 9.97 Å². The summed E-state index contributed by atoms with van der Waals surface area (Å²) < 4.78 is 51.6. The molecular weight excluding hydrogens is 487 g/mol. The average molecular weight is 514 g/mol. The molecule has 0 aliphatic rings. The zero-order chi connectivity index (χ0) is 26.7. The molecule has 37 heavy (non-hydrogen) atoms. The fourth-order valence-electron chi connectivity index (χ4n) is 3.72. The highest BCUT2D eigenvalue weighted by molar-refractivity contribution is 5.98. The minimum Gasteiger partial charge on any atom is -0.489 e. The number of nitrogens with zero attached hydrogens (tertiary/aromatic N) is 2. The van der Waals surface area contributed by atoms with Gasteiger partial charge in [0.05, 0.1) is 12.6 Å². The standard InChI is InChI=1S/C26H26F3N5O3/c1-14(2)36-19-10-8-18(17-9-11-21(26(27,28)29)33-22(17)19)25-34-23(20(12-30)37-25)24(35)32-13-15-4-6-16(31-3)7-5-15/h4-11,14,31H,12-13,30H2,1-3H3,(H,32,35). The van der Waals surface area contributed by atoms with Crippen molar-refractivity contribution < 1.29 is 27.1 Å². The van der Waals surface area contributed by atoms with Crippen LogP contribution in [0.25, 0.3) is 22.4 Å². The molecule has 0 aliphatic carbocycles. The summed E-state index contributed by atoms with van der Waals surface area (Å²) >= 11 is 0. The Balaban J connectivity index is 1.69. The normalized spacial score (nSPS) is 11.7. The predicted molar refractivity (Wildman–Crippen MR) is 133 cm³/mol. The van der Waals surface area contributed by atoms with Gasteiger partial charge in [-0.05, 0) is 55.8 Å². The molecule has 11 heteroatoms. The van der Waals surface area contributed by atoms with Crippen LogP contribution in [0.4, 0.5) is 18.9 Å². The van der Waals surface area contributed by atoms with Crippen molar-refractivity contribution in [3.63, 3.8) is 0 Å². The van der Waals surface area contributed by atoms with E-state index in [-0.39, 0.29) is 47.8 Å². The molecule has 4 aromatic rings. The second-order valence-electron chi connectivity index (χ2n) is 8.49. The molecule has 194 valence electrons. The number of fused-ring (bicyclic) bond motifs is 1. The lowest BCUT2D eigenvalue weighted by atomic mass is 10.1. The smallest absolute Gasteiger partial charge is 0.433 e. The quantitative estimate of drug-likeness (QED) is 0.299. The van der Waals surface area contributed by atoms with Crippen LogP contribution in [0.5, 0.6) is 5.75 Å². The Morgan fingerprint density at radius 2 is 1.81 bits per heavy atom. The van der Waals surface area contributed by atoms with Crippen LogP contribution in [0.15, 0.2) is 52.9 Å². The average Bonchev–Trinajstić information content (AvgIpc) is 3.31. The van der Waals surface area contributed by atoms with Gasteiger partial charge < -0.3 is 25.5 Å². The molecule has 8 nitrogen and oxygen atoms in total. The summed E-state index contributed by atoms with van der Waals surface area (Å²) in [6, 6.07) is 12.8. The molecule has 2 aromatic heterocycles. The molecule has 0 atom stereocenters. The van der Waals surface area contributed by atoms with Crippen molar-refractivity contribution >= 4 is 22.5 Å². The first-order valence-corrected chi connectivity index (χ1v) is 11.5. The number of carbonyl (C=O) groups excluding carboxylic acids is 1. The number of hydrogen-bond acceptors (Lipinski definition) is 7. The zero-order valence-corrected chi connectivity index (χ0v) is 20.4. The number of nitrogens with one attached hydrogen (secondary N) is 2. The van der Waals surface area contributed by atoms with E-state index >= 15 is 0 Å². The lowest BCUT2D eigenvalue weighted by Crippen LogP contribution is -2.24. The van der Waals surface area contributed by atoms with Crippen LogP contribution in [0.3, 0.4) is 0 Å². The highest BCUT2D eigenvalue weighted by atomic mass is 19.4. The van der Waals surface area contributed by atoms with E-state index in [2.05, 4.69) is 20.6 Å².